The van der Waals surface area contributed by atoms with Crippen LogP contribution in [-0.2, 0) is 0 Å². The molecule has 0 bridgehead atoms. The number of rotatable bonds is 0. The molecule has 8 heavy (non-hydrogen) atoms. The number of halogens is 1. The van der Waals surface area contributed by atoms with Crippen LogP contribution in [0.2, 0.25) is 0 Å². The van der Waals surface area contributed by atoms with Crippen molar-refractivity contribution in [3.05, 3.63) is 22.4 Å². The third-order valence-electron chi connectivity index (χ3n) is 0.794. The Kier molecular flexibility index (Phi) is 1.58. The normalized spacial score (nSPS) is 9.25. The van der Waals surface area contributed by atoms with Crippen molar-refractivity contribution in [1.82, 2.24) is 10.2 Å². The SMILES string of the molecule is Cc1[c]cnnc1Br. The van der Waals surface area contributed by atoms with Gasteiger partial charge in [0.15, 0.2) is 0 Å². The minimum atomic E-state index is 0.764. The van der Waals surface area contributed by atoms with E-state index >= 15 is 0 Å². The van der Waals surface area contributed by atoms with Crippen LogP contribution >= 0.6 is 15.9 Å². The highest BCUT2D eigenvalue weighted by Gasteiger charge is 1.90. The molecular formula is C5H4BrN2. The minimum absolute atomic E-state index is 0.764. The Labute approximate surface area is 56.1 Å². The fourth-order valence-corrected chi connectivity index (χ4v) is 0.546. The maximum absolute atomic E-state index is 3.71. The molecule has 0 aromatic carbocycles. The molecule has 0 N–H and O–H groups in total. The van der Waals surface area contributed by atoms with Crippen LogP contribution in [0.25, 0.3) is 0 Å². The van der Waals surface area contributed by atoms with Crippen LogP contribution in [0.15, 0.2) is 10.8 Å². The lowest BCUT2D eigenvalue weighted by Gasteiger charge is -1.88. The molecule has 0 atom stereocenters. The standard InChI is InChI=1S/C5H4BrN2/c1-4-2-3-7-8-5(4)6/h3H,1H3. The lowest BCUT2D eigenvalue weighted by atomic mass is 10.4. The van der Waals surface area contributed by atoms with Crippen LogP contribution in [0.1, 0.15) is 5.56 Å². The summed E-state index contributed by atoms with van der Waals surface area (Å²) in [6, 6.07) is 2.88. The Bertz CT molecular complexity index is 167. The van der Waals surface area contributed by atoms with Crippen LogP contribution in [0.5, 0.6) is 0 Å². The maximum atomic E-state index is 3.71. The second-order valence-electron chi connectivity index (χ2n) is 1.40. The van der Waals surface area contributed by atoms with E-state index in [1.165, 1.54) is 0 Å². The first-order valence-electron chi connectivity index (χ1n) is 2.16. The molecule has 1 heterocycles. The highest BCUT2D eigenvalue weighted by atomic mass is 79.9. The largest absolute Gasteiger partial charge is 0.157 e. The van der Waals surface area contributed by atoms with Crippen LogP contribution in [0.3, 0.4) is 0 Å². The van der Waals surface area contributed by atoms with Crippen molar-refractivity contribution in [2.75, 3.05) is 0 Å². The predicted molar refractivity (Wildman–Crippen MR) is 33.3 cm³/mol. The molecule has 0 amide bonds. The monoisotopic (exact) mass is 171 g/mol. The Morgan fingerprint density at radius 1 is 1.75 bits per heavy atom. The van der Waals surface area contributed by atoms with Gasteiger partial charge in [0.05, 0.1) is 6.20 Å². The lowest BCUT2D eigenvalue weighted by Crippen LogP contribution is -1.83. The Morgan fingerprint density at radius 3 is 2.88 bits per heavy atom. The van der Waals surface area contributed by atoms with E-state index in [1.54, 1.807) is 6.20 Å². The number of hydrogen-bond donors (Lipinski definition) is 0. The lowest BCUT2D eigenvalue weighted by molar-refractivity contribution is 0.983. The van der Waals surface area contributed by atoms with Gasteiger partial charge >= 0.3 is 0 Å². The van der Waals surface area contributed by atoms with E-state index in [-0.39, 0.29) is 0 Å². The average Bonchev–Trinajstić information content (AvgIpc) is 1.77. The Morgan fingerprint density at radius 2 is 2.50 bits per heavy atom. The third kappa shape index (κ3) is 1.04. The summed E-state index contributed by atoms with van der Waals surface area (Å²) in [4.78, 5) is 0. The Hall–Kier alpha value is -0.440. The summed E-state index contributed by atoms with van der Waals surface area (Å²) < 4.78 is 0.764. The molecule has 0 aliphatic rings. The number of aromatic nitrogens is 2. The smallest absolute Gasteiger partial charge is 0.132 e. The predicted octanol–water partition coefficient (Wildman–Crippen LogP) is 1.35. The molecule has 1 radical (unpaired) electrons. The summed E-state index contributed by atoms with van der Waals surface area (Å²) in [6.45, 7) is 1.92. The van der Waals surface area contributed by atoms with Gasteiger partial charge in [-0.1, -0.05) is 0 Å². The summed E-state index contributed by atoms with van der Waals surface area (Å²) in [5, 5.41) is 7.31. The maximum Gasteiger partial charge on any atom is 0.132 e. The van der Waals surface area contributed by atoms with Gasteiger partial charge in [-0.3, -0.25) is 0 Å². The van der Waals surface area contributed by atoms with E-state index in [4.69, 9.17) is 0 Å². The van der Waals surface area contributed by atoms with Crippen molar-refractivity contribution in [3.8, 4) is 0 Å². The molecule has 0 aliphatic carbocycles. The number of aryl methyl sites for hydroxylation is 1. The van der Waals surface area contributed by atoms with Crippen molar-refractivity contribution in [1.29, 1.82) is 0 Å². The summed E-state index contributed by atoms with van der Waals surface area (Å²) in [5.74, 6) is 0. The molecule has 1 rings (SSSR count). The average molecular weight is 172 g/mol. The molecule has 3 heteroatoms. The van der Waals surface area contributed by atoms with Gasteiger partial charge in [0.1, 0.15) is 4.60 Å². The molecular weight excluding hydrogens is 168 g/mol. The van der Waals surface area contributed by atoms with Gasteiger partial charge in [0, 0.05) is 6.07 Å². The van der Waals surface area contributed by atoms with Crippen molar-refractivity contribution < 1.29 is 0 Å². The van der Waals surface area contributed by atoms with Gasteiger partial charge in [-0.25, -0.2) is 0 Å². The van der Waals surface area contributed by atoms with Crippen molar-refractivity contribution in [2.45, 2.75) is 6.92 Å². The molecule has 0 unspecified atom stereocenters. The Balaban J connectivity index is 3.13. The molecule has 2 nitrogen and oxygen atoms in total. The molecule has 0 aliphatic heterocycles. The van der Waals surface area contributed by atoms with Crippen molar-refractivity contribution in [2.24, 2.45) is 0 Å². The highest BCUT2D eigenvalue weighted by molar-refractivity contribution is 9.10. The molecule has 41 valence electrons. The minimum Gasteiger partial charge on any atom is -0.157 e. The summed E-state index contributed by atoms with van der Waals surface area (Å²) >= 11 is 3.19. The van der Waals surface area contributed by atoms with Crippen LogP contribution in [0, 0.1) is 13.0 Å². The fraction of sp³-hybridized carbons (Fsp3) is 0.200. The number of nitrogens with zero attached hydrogens (tertiary/aromatic N) is 2. The molecule has 1 aromatic heterocycles. The van der Waals surface area contributed by atoms with Crippen LogP contribution in [-0.4, -0.2) is 10.2 Å². The molecule has 0 saturated carbocycles. The van der Waals surface area contributed by atoms with E-state index < -0.39 is 0 Å². The summed E-state index contributed by atoms with van der Waals surface area (Å²) in [6.07, 6.45) is 1.54. The van der Waals surface area contributed by atoms with Gasteiger partial charge < -0.3 is 0 Å². The van der Waals surface area contributed by atoms with Crippen molar-refractivity contribution >= 4 is 15.9 Å². The van der Waals surface area contributed by atoms with E-state index in [0.717, 1.165) is 10.2 Å². The first-order chi connectivity index (χ1) is 3.80. The van der Waals surface area contributed by atoms with E-state index in [9.17, 15) is 0 Å². The fourth-order valence-electron chi connectivity index (χ4n) is 0.340. The van der Waals surface area contributed by atoms with Gasteiger partial charge in [0.25, 0.3) is 0 Å². The van der Waals surface area contributed by atoms with Gasteiger partial charge in [-0.2, -0.15) is 5.10 Å². The van der Waals surface area contributed by atoms with E-state index in [2.05, 4.69) is 32.2 Å². The van der Waals surface area contributed by atoms with Crippen molar-refractivity contribution in [3.63, 3.8) is 0 Å². The molecule has 0 saturated heterocycles. The van der Waals surface area contributed by atoms with Crippen LogP contribution in [0.4, 0.5) is 0 Å². The van der Waals surface area contributed by atoms with E-state index in [0.29, 0.717) is 0 Å². The first-order valence-corrected chi connectivity index (χ1v) is 2.95. The molecule has 0 spiro atoms. The van der Waals surface area contributed by atoms with E-state index in [1.807, 2.05) is 6.92 Å². The molecule has 0 fully saturated rings. The van der Waals surface area contributed by atoms with Gasteiger partial charge in [-0.15, -0.1) is 5.10 Å². The van der Waals surface area contributed by atoms with Gasteiger partial charge in [-0.05, 0) is 28.4 Å². The van der Waals surface area contributed by atoms with Crippen LogP contribution < -0.4 is 0 Å². The quantitative estimate of drug-likeness (QED) is 0.590. The zero-order chi connectivity index (χ0) is 5.98. The summed E-state index contributed by atoms with van der Waals surface area (Å²) in [7, 11) is 0. The highest BCUT2D eigenvalue weighted by Crippen LogP contribution is 2.07. The topological polar surface area (TPSA) is 25.8 Å². The zero-order valence-corrected chi connectivity index (χ0v) is 5.94. The molecule has 1 aromatic rings. The second kappa shape index (κ2) is 2.22. The summed E-state index contributed by atoms with van der Waals surface area (Å²) in [5.41, 5.74) is 0.986. The number of hydrogen-bond acceptors (Lipinski definition) is 2. The first kappa shape index (κ1) is 5.69. The van der Waals surface area contributed by atoms with Gasteiger partial charge in [0.2, 0.25) is 0 Å². The second-order valence-corrected chi connectivity index (χ2v) is 2.16. The zero-order valence-electron chi connectivity index (χ0n) is 4.35. The third-order valence-corrected chi connectivity index (χ3v) is 1.55.